The zero-order valence-electron chi connectivity index (χ0n) is 7.10. The van der Waals surface area contributed by atoms with Gasteiger partial charge in [-0.1, -0.05) is 0 Å². The number of carbonyl (C=O) groups is 1. The van der Waals surface area contributed by atoms with E-state index >= 15 is 0 Å². The van der Waals surface area contributed by atoms with Crippen molar-refractivity contribution >= 4 is 6.03 Å². The second kappa shape index (κ2) is 4.95. The first kappa shape index (κ1) is 9.28. The van der Waals surface area contributed by atoms with E-state index in [-0.39, 0.29) is 12.2 Å². The van der Waals surface area contributed by atoms with Crippen LogP contribution in [0.4, 0.5) is 4.79 Å². The third kappa shape index (κ3) is 3.06. The van der Waals surface area contributed by atoms with Crippen LogP contribution in [0.25, 0.3) is 0 Å². The molecule has 1 heterocycles. The van der Waals surface area contributed by atoms with Gasteiger partial charge in [-0.25, -0.2) is 4.79 Å². The summed E-state index contributed by atoms with van der Waals surface area (Å²) in [6.45, 7) is 1.99. The molecule has 1 rings (SSSR count). The smallest absolute Gasteiger partial charge is 0.316 e. The number of amides is 2. The lowest BCUT2D eigenvalue weighted by molar-refractivity contribution is 0.236. The summed E-state index contributed by atoms with van der Waals surface area (Å²) in [7, 11) is 0. The number of urea groups is 1. The molecule has 1 saturated heterocycles. The topological polar surface area (TPSA) is 79.2 Å². The second-order valence-corrected chi connectivity index (χ2v) is 2.84. The predicted octanol–water partition coefficient (Wildman–Crippen LogP) is -1.05. The summed E-state index contributed by atoms with van der Waals surface area (Å²) >= 11 is 0. The van der Waals surface area contributed by atoms with E-state index < -0.39 is 0 Å². The standard InChI is InChI=1S/C7H16N4O/c8-3-5-10-7(12)11-6-2-1-4-9-6/h6,9H,1-5,8H2,(H2,10,11,12). The van der Waals surface area contributed by atoms with Crippen LogP contribution in [-0.4, -0.2) is 31.8 Å². The molecule has 1 aliphatic rings. The van der Waals surface area contributed by atoms with E-state index in [0.717, 1.165) is 19.4 Å². The lowest BCUT2D eigenvalue weighted by Crippen LogP contribution is -2.47. The van der Waals surface area contributed by atoms with E-state index in [2.05, 4.69) is 16.0 Å². The molecular weight excluding hydrogens is 156 g/mol. The minimum atomic E-state index is -0.139. The minimum absolute atomic E-state index is 0.139. The van der Waals surface area contributed by atoms with Crippen LogP contribution in [0, 0.1) is 0 Å². The molecular formula is C7H16N4O. The largest absolute Gasteiger partial charge is 0.337 e. The number of carbonyl (C=O) groups excluding carboxylic acids is 1. The van der Waals surface area contributed by atoms with Gasteiger partial charge in [-0.3, -0.25) is 5.32 Å². The van der Waals surface area contributed by atoms with Gasteiger partial charge in [0.15, 0.2) is 0 Å². The molecule has 1 unspecified atom stereocenters. The Morgan fingerprint density at radius 2 is 2.50 bits per heavy atom. The molecule has 0 aliphatic carbocycles. The zero-order chi connectivity index (χ0) is 8.81. The summed E-state index contributed by atoms with van der Waals surface area (Å²) in [4.78, 5) is 11.0. The average Bonchev–Trinajstić information content (AvgIpc) is 2.53. The molecule has 0 aromatic rings. The number of hydrogen-bond acceptors (Lipinski definition) is 3. The van der Waals surface area contributed by atoms with Gasteiger partial charge in [-0.2, -0.15) is 0 Å². The lowest BCUT2D eigenvalue weighted by atomic mass is 10.3. The first-order valence-corrected chi connectivity index (χ1v) is 4.31. The van der Waals surface area contributed by atoms with Crippen LogP contribution in [0.3, 0.4) is 0 Å². The Balaban J connectivity index is 2.08. The first-order chi connectivity index (χ1) is 5.83. The predicted molar refractivity (Wildman–Crippen MR) is 46.6 cm³/mol. The monoisotopic (exact) mass is 172 g/mol. The maximum Gasteiger partial charge on any atom is 0.316 e. The number of hydrogen-bond donors (Lipinski definition) is 4. The highest BCUT2D eigenvalue weighted by molar-refractivity contribution is 5.74. The molecule has 0 spiro atoms. The van der Waals surface area contributed by atoms with Crippen molar-refractivity contribution in [3.05, 3.63) is 0 Å². The highest BCUT2D eigenvalue weighted by Gasteiger charge is 2.15. The molecule has 1 atom stereocenters. The van der Waals surface area contributed by atoms with Gasteiger partial charge in [0.1, 0.15) is 0 Å². The lowest BCUT2D eigenvalue weighted by Gasteiger charge is -2.12. The van der Waals surface area contributed by atoms with E-state index in [0.29, 0.717) is 13.1 Å². The molecule has 5 heteroatoms. The Hall–Kier alpha value is -0.810. The highest BCUT2D eigenvalue weighted by Crippen LogP contribution is 2.00. The van der Waals surface area contributed by atoms with Crippen LogP contribution in [0.5, 0.6) is 0 Å². The van der Waals surface area contributed by atoms with Crippen molar-refractivity contribution in [2.75, 3.05) is 19.6 Å². The van der Waals surface area contributed by atoms with Crippen molar-refractivity contribution in [1.82, 2.24) is 16.0 Å². The van der Waals surface area contributed by atoms with Gasteiger partial charge in [0, 0.05) is 13.1 Å². The third-order valence-electron chi connectivity index (χ3n) is 1.80. The Morgan fingerprint density at radius 3 is 3.08 bits per heavy atom. The SMILES string of the molecule is NCCNC(=O)NC1CCCN1. The molecule has 1 fully saturated rings. The van der Waals surface area contributed by atoms with E-state index in [1.54, 1.807) is 0 Å². The Labute approximate surface area is 72.1 Å². The number of nitrogens with two attached hydrogens (primary N) is 1. The maximum atomic E-state index is 11.0. The van der Waals surface area contributed by atoms with Gasteiger partial charge in [0.25, 0.3) is 0 Å². The fraction of sp³-hybridized carbons (Fsp3) is 0.857. The molecule has 2 amide bonds. The quantitative estimate of drug-likeness (QED) is 0.439. The number of rotatable bonds is 3. The maximum absolute atomic E-state index is 11.0. The van der Waals surface area contributed by atoms with E-state index in [9.17, 15) is 4.79 Å². The molecule has 12 heavy (non-hydrogen) atoms. The summed E-state index contributed by atoms with van der Waals surface area (Å²) in [5.41, 5.74) is 5.23. The average molecular weight is 172 g/mol. The van der Waals surface area contributed by atoms with Crippen molar-refractivity contribution in [1.29, 1.82) is 0 Å². The summed E-state index contributed by atoms with van der Waals surface area (Å²) in [5, 5.41) is 8.60. The molecule has 0 aromatic carbocycles. The van der Waals surface area contributed by atoms with Crippen LogP contribution in [0.2, 0.25) is 0 Å². The molecule has 5 N–H and O–H groups in total. The van der Waals surface area contributed by atoms with E-state index in [4.69, 9.17) is 5.73 Å². The van der Waals surface area contributed by atoms with Crippen LogP contribution in [0.1, 0.15) is 12.8 Å². The Bertz CT molecular complexity index is 144. The molecule has 5 nitrogen and oxygen atoms in total. The molecule has 0 saturated carbocycles. The molecule has 0 radical (unpaired) electrons. The normalized spacial score (nSPS) is 22.2. The highest BCUT2D eigenvalue weighted by atomic mass is 16.2. The Kier molecular flexibility index (Phi) is 3.83. The van der Waals surface area contributed by atoms with Gasteiger partial charge in [-0.15, -0.1) is 0 Å². The minimum Gasteiger partial charge on any atom is -0.337 e. The Morgan fingerprint density at radius 1 is 1.67 bits per heavy atom. The van der Waals surface area contributed by atoms with Crippen molar-refractivity contribution < 1.29 is 4.79 Å². The van der Waals surface area contributed by atoms with E-state index in [1.165, 1.54) is 0 Å². The van der Waals surface area contributed by atoms with Gasteiger partial charge in [-0.05, 0) is 19.4 Å². The van der Waals surface area contributed by atoms with Gasteiger partial charge in [0.05, 0.1) is 6.17 Å². The van der Waals surface area contributed by atoms with Gasteiger partial charge in [0.2, 0.25) is 0 Å². The summed E-state index contributed by atoms with van der Waals surface area (Å²) < 4.78 is 0. The van der Waals surface area contributed by atoms with Crippen molar-refractivity contribution in [3.8, 4) is 0 Å². The van der Waals surface area contributed by atoms with Gasteiger partial charge >= 0.3 is 6.03 Å². The summed E-state index contributed by atoms with van der Waals surface area (Å²) in [6, 6.07) is -0.139. The fourth-order valence-electron chi connectivity index (χ4n) is 1.20. The molecule has 0 bridgehead atoms. The summed E-state index contributed by atoms with van der Waals surface area (Å²) in [6.07, 6.45) is 2.28. The first-order valence-electron chi connectivity index (χ1n) is 4.31. The van der Waals surface area contributed by atoms with Crippen molar-refractivity contribution in [3.63, 3.8) is 0 Å². The van der Waals surface area contributed by atoms with Gasteiger partial charge < -0.3 is 16.4 Å². The molecule has 70 valence electrons. The van der Waals surface area contributed by atoms with Crippen molar-refractivity contribution in [2.24, 2.45) is 5.73 Å². The second-order valence-electron chi connectivity index (χ2n) is 2.84. The van der Waals surface area contributed by atoms with Crippen LogP contribution in [0.15, 0.2) is 0 Å². The summed E-state index contributed by atoms with van der Waals surface area (Å²) in [5.74, 6) is 0. The molecule has 0 aromatic heterocycles. The fourth-order valence-corrected chi connectivity index (χ4v) is 1.20. The zero-order valence-corrected chi connectivity index (χ0v) is 7.10. The van der Waals surface area contributed by atoms with Crippen LogP contribution in [-0.2, 0) is 0 Å². The van der Waals surface area contributed by atoms with Crippen molar-refractivity contribution in [2.45, 2.75) is 19.0 Å². The van der Waals surface area contributed by atoms with Crippen LogP contribution < -0.4 is 21.7 Å². The number of nitrogens with one attached hydrogen (secondary N) is 3. The third-order valence-corrected chi connectivity index (χ3v) is 1.80. The van der Waals surface area contributed by atoms with E-state index in [1.807, 2.05) is 0 Å². The van der Waals surface area contributed by atoms with Crippen LogP contribution >= 0.6 is 0 Å². The molecule has 1 aliphatic heterocycles.